The van der Waals surface area contributed by atoms with Crippen LogP contribution in [0.15, 0.2) is 0 Å². The number of hydrogen-bond donors (Lipinski definition) is 3. The molecule has 0 aliphatic carbocycles. The molecule has 0 aromatic carbocycles. The maximum atomic E-state index is 11.6. The summed E-state index contributed by atoms with van der Waals surface area (Å²) in [6.07, 6.45) is 2.17. The molecule has 0 aromatic heterocycles. The van der Waals surface area contributed by atoms with E-state index >= 15 is 0 Å². The molecule has 1 rings (SSSR count). The Balaban J connectivity index is 2.57. The molecule has 0 spiro atoms. The van der Waals surface area contributed by atoms with Gasteiger partial charge in [0, 0.05) is 19.5 Å². The Kier molecular flexibility index (Phi) is 4.70. The molecule has 16 heavy (non-hydrogen) atoms. The number of nitrogens with one attached hydrogen (secondary N) is 2. The van der Waals surface area contributed by atoms with Crippen molar-refractivity contribution >= 4 is 11.8 Å². The van der Waals surface area contributed by atoms with Crippen LogP contribution in [-0.4, -0.2) is 42.4 Å². The highest BCUT2D eigenvalue weighted by atomic mass is 16.2. The summed E-state index contributed by atoms with van der Waals surface area (Å²) in [5, 5.41) is 2.65. The summed E-state index contributed by atoms with van der Waals surface area (Å²) >= 11 is 0. The Morgan fingerprint density at radius 3 is 2.81 bits per heavy atom. The molecule has 6 heteroatoms. The summed E-state index contributed by atoms with van der Waals surface area (Å²) in [4.78, 5) is 24.8. The second kappa shape index (κ2) is 5.81. The lowest BCUT2D eigenvalue weighted by Gasteiger charge is -2.28. The third-order valence-electron chi connectivity index (χ3n) is 3.05. The highest BCUT2D eigenvalue weighted by Crippen LogP contribution is 2.21. The van der Waals surface area contributed by atoms with E-state index in [1.807, 2.05) is 6.92 Å². The first-order valence-corrected chi connectivity index (χ1v) is 5.57. The van der Waals surface area contributed by atoms with Crippen molar-refractivity contribution in [2.75, 3.05) is 13.6 Å². The fourth-order valence-corrected chi connectivity index (χ4v) is 2.21. The Morgan fingerprint density at radius 1 is 1.56 bits per heavy atom. The fourth-order valence-electron chi connectivity index (χ4n) is 2.21. The zero-order chi connectivity index (χ0) is 12.1. The molecule has 2 unspecified atom stereocenters. The van der Waals surface area contributed by atoms with Gasteiger partial charge in [0.2, 0.25) is 11.8 Å². The largest absolute Gasteiger partial charge is 0.358 e. The Labute approximate surface area is 95.5 Å². The van der Waals surface area contributed by atoms with E-state index < -0.39 is 0 Å². The number of nitrogens with two attached hydrogens (primary N) is 1. The smallest absolute Gasteiger partial charge is 0.237 e. The molecule has 1 fully saturated rings. The zero-order valence-corrected chi connectivity index (χ0v) is 9.82. The highest BCUT2D eigenvalue weighted by molar-refractivity contribution is 5.82. The van der Waals surface area contributed by atoms with Crippen molar-refractivity contribution in [3.8, 4) is 0 Å². The van der Waals surface area contributed by atoms with Crippen LogP contribution in [0.4, 0.5) is 0 Å². The minimum Gasteiger partial charge on any atom is -0.358 e. The van der Waals surface area contributed by atoms with Gasteiger partial charge < -0.3 is 5.32 Å². The van der Waals surface area contributed by atoms with Gasteiger partial charge in [-0.1, -0.05) is 0 Å². The van der Waals surface area contributed by atoms with Gasteiger partial charge in [0.15, 0.2) is 0 Å². The molecule has 2 atom stereocenters. The first-order chi connectivity index (χ1) is 7.60. The van der Waals surface area contributed by atoms with E-state index in [1.165, 1.54) is 0 Å². The molecule has 1 aliphatic rings. The van der Waals surface area contributed by atoms with Crippen LogP contribution in [0.5, 0.6) is 0 Å². The topological polar surface area (TPSA) is 87.5 Å². The van der Waals surface area contributed by atoms with Gasteiger partial charge >= 0.3 is 0 Å². The summed E-state index contributed by atoms with van der Waals surface area (Å²) in [6, 6.07) is -0.0704. The lowest BCUT2D eigenvalue weighted by atomic mass is 10.1. The number of carbonyl (C=O) groups is 2. The van der Waals surface area contributed by atoms with Gasteiger partial charge in [0.25, 0.3) is 0 Å². The molecule has 0 saturated carbocycles. The molecule has 1 aliphatic heterocycles. The predicted molar refractivity (Wildman–Crippen MR) is 60.2 cm³/mol. The van der Waals surface area contributed by atoms with Crippen LogP contribution in [0, 0.1) is 0 Å². The molecular formula is C10H20N4O2. The molecule has 92 valence electrons. The number of nitrogens with zero attached hydrogens (tertiary/aromatic N) is 1. The molecular weight excluding hydrogens is 208 g/mol. The summed E-state index contributed by atoms with van der Waals surface area (Å²) < 4.78 is 0. The number of hydrogen-bond acceptors (Lipinski definition) is 4. The average Bonchev–Trinajstić information content (AvgIpc) is 2.76. The SMILES string of the molecule is CNC(=O)C1CCCN1C(C)CC(=O)NN. The van der Waals surface area contributed by atoms with E-state index in [0.29, 0.717) is 6.42 Å². The predicted octanol–water partition coefficient (Wildman–Crippen LogP) is -1.03. The maximum Gasteiger partial charge on any atom is 0.237 e. The minimum atomic E-state index is -0.199. The lowest BCUT2D eigenvalue weighted by Crippen LogP contribution is -2.47. The number of likely N-dealkylation sites (N-methyl/N-ethyl adjacent to an activating group) is 1. The van der Waals surface area contributed by atoms with Gasteiger partial charge in [0.05, 0.1) is 6.04 Å². The maximum absolute atomic E-state index is 11.6. The van der Waals surface area contributed by atoms with E-state index in [2.05, 4.69) is 15.6 Å². The van der Waals surface area contributed by atoms with Crippen LogP contribution in [0.3, 0.4) is 0 Å². The number of likely N-dealkylation sites (tertiary alicyclic amines) is 1. The number of amides is 2. The second-order valence-electron chi connectivity index (χ2n) is 4.13. The number of hydrazine groups is 1. The van der Waals surface area contributed by atoms with Crippen molar-refractivity contribution < 1.29 is 9.59 Å². The average molecular weight is 228 g/mol. The standard InChI is InChI=1S/C10H20N4O2/c1-7(6-9(15)13-11)14-5-3-4-8(14)10(16)12-2/h7-8H,3-6,11H2,1-2H3,(H,12,16)(H,13,15). The van der Waals surface area contributed by atoms with Gasteiger partial charge in [-0.2, -0.15) is 0 Å². The van der Waals surface area contributed by atoms with Crippen molar-refractivity contribution in [3.05, 3.63) is 0 Å². The van der Waals surface area contributed by atoms with Crippen molar-refractivity contribution in [1.82, 2.24) is 15.6 Å². The summed E-state index contributed by atoms with van der Waals surface area (Å²) in [7, 11) is 1.64. The first kappa shape index (κ1) is 12.9. The Hall–Kier alpha value is -1.14. The Bertz CT molecular complexity index is 270. The molecule has 0 aromatic rings. The van der Waals surface area contributed by atoms with Gasteiger partial charge in [-0.15, -0.1) is 0 Å². The van der Waals surface area contributed by atoms with E-state index in [9.17, 15) is 9.59 Å². The number of rotatable bonds is 4. The monoisotopic (exact) mass is 228 g/mol. The molecule has 0 bridgehead atoms. The third kappa shape index (κ3) is 2.93. The molecule has 4 N–H and O–H groups in total. The van der Waals surface area contributed by atoms with Gasteiger partial charge in [0.1, 0.15) is 0 Å². The normalized spacial score (nSPS) is 22.8. The van der Waals surface area contributed by atoms with Crippen LogP contribution in [-0.2, 0) is 9.59 Å². The molecule has 2 amide bonds. The highest BCUT2D eigenvalue weighted by Gasteiger charge is 2.33. The van der Waals surface area contributed by atoms with E-state index in [1.54, 1.807) is 7.05 Å². The van der Waals surface area contributed by atoms with Gasteiger partial charge in [-0.05, 0) is 26.3 Å². The van der Waals surface area contributed by atoms with Crippen LogP contribution >= 0.6 is 0 Å². The number of carbonyl (C=O) groups excluding carboxylic acids is 2. The van der Waals surface area contributed by atoms with E-state index in [-0.39, 0.29) is 23.9 Å². The quantitative estimate of drug-likeness (QED) is 0.326. The Morgan fingerprint density at radius 2 is 2.25 bits per heavy atom. The summed E-state index contributed by atoms with van der Waals surface area (Å²) in [5.74, 6) is 4.87. The first-order valence-electron chi connectivity index (χ1n) is 5.57. The van der Waals surface area contributed by atoms with Crippen molar-refractivity contribution in [2.24, 2.45) is 5.84 Å². The van der Waals surface area contributed by atoms with Gasteiger partial charge in [-0.25, -0.2) is 5.84 Å². The van der Waals surface area contributed by atoms with E-state index in [4.69, 9.17) is 5.84 Å². The zero-order valence-electron chi connectivity index (χ0n) is 9.82. The summed E-state index contributed by atoms with van der Waals surface area (Å²) in [5.41, 5.74) is 2.11. The van der Waals surface area contributed by atoms with Crippen LogP contribution < -0.4 is 16.6 Å². The second-order valence-corrected chi connectivity index (χ2v) is 4.13. The van der Waals surface area contributed by atoms with Crippen molar-refractivity contribution in [2.45, 2.75) is 38.3 Å². The van der Waals surface area contributed by atoms with Crippen molar-refractivity contribution in [1.29, 1.82) is 0 Å². The van der Waals surface area contributed by atoms with Crippen LogP contribution in [0.25, 0.3) is 0 Å². The minimum absolute atomic E-state index is 0.0255. The fraction of sp³-hybridized carbons (Fsp3) is 0.800. The summed E-state index contributed by atoms with van der Waals surface area (Å²) in [6.45, 7) is 2.80. The van der Waals surface area contributed by atoms with Crippen LogP contribution in [0.2, 0.25) is 0 Å². The van der Waals surface area contributed by atoms with E-state index in [0.717, 1.165) is 19.4 Å². The third-order valence-corrected chi connectivity index (χ3v) is 3.05. The van der Waals surface area contributed by atoms with Crippen LogP contribution in [0.1, 0.15) is 26.2 Å². The lowest BCUT2D eigenvalue weighted by molar-refractivity contribution is -0.127. The van der Waals surface area contributed by atoms with Gasteiger partial charge in [-0.3, -0.25) is 19.9 Å². The molecule has 1 heterocycles. The van der Waals surface area contributed by atoms with Crippen molar-refractivity contribution in [3.63, 3.8) is 0 Å². The molecule has 1 saturated heterocycles. The molecule has 0 radical (unpaired) electrons. The molecule has 6 nitrogen and oxygen atoms in total.